The van der Waals surface area contributed by atoms with Crippen molar-refractivity contribution < 1.29 is 0 Å². The molecule has 1 aromatic heterocycles. The first-order valence-electron chi connectivity index (χ1n) is 3.68. The third kappa shape index (κ3) is 1.49. The Bertz CT molecular complexity index is 470. The van der Waals surface area contributed by atoms with Crippen molar-refractivity contribution in [1.29, 1.82) is 0 Å². The maximum atomic E-state index is 5.91. The Morgan fingerprint density at radius 1 is 1.38 bits per heavy atom. The summed E-state index contributed by atoms with van der Waals surface area (Å²) < 4.78 is 0.812. The highest BCUT2D eigenvalue weighted by Crippen LogP contribution is 2.30. The van der Waals surface area contributed by atoms with E-state index in [1.165, 1.54) is 0 Å². The summed E-state index contributed by atoms with van der Waals surface area (Å²) in [5.74, 6) is 0. The summed E-state index contributed by atoms with van der Waals surface area (Å²) in [6.07, 6.45) is 1.61. The summed E-state index contributed by atoms with van der Waals surface area (Å²) in [6.45, 7) is 0. The number of halogens is 2. The molecule has 1 aromatic carbocycles. The van der Waals surface area contributed by atoms with Crippen LogP contribution in [0.2, 0.25) is 5.02 Å². The molecule has 0 bridgehead atoms. The topological polar surface area (TPSA) is 38.9 Å². The van der Waals surface area contributed by atoms with Crippen molar-refractivity contribution >= 4 is 44.1 Å². The van der Waals surface area contributed by atoms with Crippen molar-refractivity contribution in [3.63, 3.8) is 0 Å². The zero-order valence-corrected chi connectivity index (χ0v) is 8.93. The lowest BCUT2D eigenvalue weighted by molar-refractivity contribution is 1.40. The normalized spacial score (nSPS) is 10.6. The molecule has 66 valence electrons. The maximum absolute atomic E-state index is 5.91. The molecule has 2 nitrogen and oxygen atoms in total. The van der Waals surface area contributed by atoms with Crippen LogP contribution in [0, 0.1) is 0 Å². The van der Waals surface area contributed by atoms with Gasteiger partial charge in [-0.05, 0) is 28.1 Å². The number of aromatic nitrogens is 1. The van der Waals surface area contributed by atoms with Crippen molar-refractivity contribution in [3.05, 3.63) is 33.9 Å². The molecule has 0 saturated carbocycles. The van der Waals surface area contributed by atoms with Gasteiger partial charge in [0.15, 0.2) is 0 Å². The summed E-state index contributed by atoms with van der Waals surface area (Å²) in [5.41, 5.74) is 7.09. The van der Waals surface area contributed by atoms with Crippen LogP contribution in [-0.2, 0) is 0 Å². The summed E-state index contributed by atoms with van der Waals surface area (Å²) in [4.78, 5) is 4.18. The number of nitrogen functional groups attached to an aromatic ring is 1. The number of hydrogen-bond donors (Lipinski definition) is 1. The Kier molecular flexibility index (Phi) is 2.14. The van der Waals surface area contributed by atoms with Gasteiger partial charge in [0, 0.05) is 5.39 Å². The van der Waals surface area contributed by atoms with Gasteiger partial charge in [0.1, 0.15) is 0 Å². The molecular weight excluding hydrogens is 251 g/mol. The molecule has 0 fully saturated rings. The fourth-order valence-electron chi connectivity index (χ4n) is 1.16. The Labute approximate surface area is 88.8 Å². The quantitative estimate of drug-likeness (QED) is 0.787. The number of hydrogen-bond acceptors (Lipinski definition) is 2. The average Bonchev–Trinajstić information content (AvgIpc) is 2.12. The van der Waals surface area contributed by atoms with Crippen LogP contribution >= 0.6 is 27.5 Å². The van der Waals surface area contributed by atoms with Gasteiger partial charge in [-0.25, -0.2) is 0 Å². The van der Waals surface area contributed by atoms with E-state index in [2.05, 4.69) is 20.9 Å². The highest BCUT2D eigenvalue weighted by Gasteiger charge is 2.03. The Morgan fingerprint density at radius 3 is 2.92 bits per heavy atom. The minimum Gasteiger partial charge on any atom is -0.397 e. The lowest BCUT2D eigenvalue weighted by Gasteiger charge is -2.02. The first kappa shape index (κ1) is 8.78. The second kappa shape index (κ2) is 3.16. The SMILES string of the molecule is Nc1cnc2c(Br)c(Cl)ccc2c1. The van der Waals surface area contributed by atoms with Crippen molar-refractivity contribution in [2.24, 2.45) is 0 Å². The number of pyridine rings is 1. The van der Waals surface area contributed by atoms with Gasteiger partial charge < -0.3 is 5.73 Å². The second-order valence-electron chi connectivity index (χ2n) is 2.70. The summed E-state index contributed by atoms with van der Waals surface area (Å²) >= 11 is 9.28. The first-order chi connectivity index (χ1) is 6.18. The molecule has 0 amide bonds. The largest absolute Gasteiger partial charge is 0.397 e. The molecule has 1 heterocycles. The van der Waals surface area contributed by atoms with E-state index in [0.29, 0.717) is 10.7 Å². The molecule has 0 atom stereocenters. The van der Waals surface area contributed by atoms with Gasteiger partial charge in [0.25, 0.3) is 0 Å². The average molecular weight is 258 g/mol. The Balaban J connectivity index is 2.87. The van der Waals surface area contributed by atoms with E-state index in [1.807, 2.05) is 18.2 Å². The van der Waals surface area contributed by atoms with Gasteiger partial charge in [0.2, 0.25) is 0 Å². The molecule has 0 aliphatic carbocycles. The molecule has 2 rings (SSSR count). The van der Waals surface area contributed by atoms with Gasteiger partial charge in [-0.1, -0.05) is 17.7 Å². The third-order valence-electron chi connectivity index (χ3n) is 1.77. The number of nitrogens with two attached hydrogens (primary N) is 1. The van der Waals surface area contributed by atoms with Crippen LogP contribution in [0.1, 0.15) is 0 Å². The second-order valence-corrected chi connectivity index (χ2v) is 3.90. The number of nitrogens with zero attached hydrogens (tertiary/aromatic N) is 1. The Morgan fingerprint density at radius 2 is 2.15 bits per heavy atom. The lowest BCUT2D eigenvalue weighted by atomic mass is 10.2. The van der Waals surface area contributed by atoms with Crippen LogP contribution in [-0.4, -0.2) is 4.98 Å². The van der Waals surface area contributed by atoms with E-state index < -0.39 is 0 Å². The molecule has 2 aromatic rings. The fraction of sp³-hybridized carbons (Fsp3) is 0. The number of rotatable bonds is 0. The summed E-state index contributed by atoms with van der Waals surface area (Å²) in [7, 11) is 0. The molecule has 4 heteroatoms. The molecule has 0 spiro atoms. The van der Waals surface area contributed by atoms with Gasteiger partial charge in [-0.2, -0.15) is 0 Å². The Hall–Kier alpha value is -0.800. The van der Waals surface area contributed by atoms with E-state index >= 15 is 0 Å². The summed E-state index contributed by atoms with van der Waals surface area (Å²) in [5, 5.41) is 1.64. The van der Waals surface area contributed by atoms with Crippen LogP contribution in [0.5, 0.6) is 0 Å². The van der Waals surface area contributed by atoms with E-state index in [-0.39, 0.29) is 0 Å². The monoisotopic (exact) mass is 256 g/mol. The van der Waals surface area contributed by atoms with Gasteiger partial charge in [0.05, 0.1) is 26.9 Å². The van der Waals surface area contributed by atoms with Crippen molar-refractivity contribution in [1.82, 2.24) is 4.98 Å². The van der Waals surface area contributed by atoms with Crippen molar-refractivity contribution in [3.8, 4) is 0 Å². The first-order valence-corrected chi connectivity index (χ1v) is 4.85. The molecule has 0 radical (unpaired) electrons. The van der Waals surface area contributed by atoms with Gasteiger partial charge in [-0.15, -0.1) is 0 Å². The molecule has 0 aliphatic heterocycles. The highest BCUT2D eigenvalue weighted by molar-refractivity contribution is 9.10. The predicted octanol–water partition coefficient (Wildman–Crippen LogP) is 3.23. The van der Waals surface area contributed by atoms with E-state index in [1.54, 1.807) is 6.20 Å². The predicted molar refractivity (Wildman–Crippen MR) is 58.9 cm³/mol. The van der Waals surface area contributed by atoms with Crippen molar-refractivity contribution in [2.75, 3.05) is 5.73 Å². The number of anilines is 1. The van der Waals surface area contributed by atoms with Crippen LogP contribution in [0.25, 0.3) is 10.9 Å². The molecule has 0 unspecified atom stereocenters. The van der Waals surface area contributed by atoms with Gasteiger partial charge >= 0.3 is 0 Å². The zero-order chi connectivity index (χ0) is 9.42. The molecule has 13 heavy (non-hydrogen) atoms. The molecule has 2 N–H and O–H groups in total. The highest BCUT2D eigenvalue weighted by atomic mass is 79.9. The van der Waals surface area contributed by atoms with E-state index in [0.717, 1.165) is 15.4 Å². The van der Waals surface area contributed by atoms with Crippen LogP contribution < -0.4 is 5.73 Å². The smallest absolute Gasteiger partial charge is 0.0860 e. The molecular formula is C9H6BrClN2. The third-order valence-corrected chi connectivity index (χ3v) is 3.11. The minimum absolute atomic E-state index is 0.654. The maximum Gasteiger partial charge on any atom is 0.0860 e. The van der Waals surface area contributed by atoms with Crippen molar-refractivity contribution in [2.45, 2.75) is 0 Å². The zero-order valence-electron chi connectivity index (χ0n) is 6.59. The van der Waals surface area contributed by atoms with E-state index in [4.69, 9.17) is 17.3 Å². The number of fused-ring (bicyclic) bond motifs is 1. The molecule has 0 aliphatic rings. The van der Waals surface area contributed by atoms with Gasteiger partial charge in [-0.3, -0.25) is 4.98 Å². The standard InChI is InChI=1S/C9H6BrClN2/c10-8-7(11)2-1-5-3-6(12)4-13-9(5)8/h1-4H,12H2. The van der Waals surface area contributed by atoms with E-state index in [9.17, 15) is 0 Å². The minimum atomic E-state index is 0.654. The lowest BCUT2D eigenvalue weighted by Crippen LogP contribution is -1.87. The van der Waals surface area contributed by atoms with Crippen LogP contribution in [0.4, 0.5) is 5.69 Å². The van der Waals surface area contributed by atoms with Crippen LogP contribution in [0.3, 0.4) is 0 Å². The van der Waals surface area contributed by atoms with Crippen LogP contribution in [0.15, 0.2) is 28.9 Å². The fourth-order valence-corrected chi connectivity index (χ4v) is 1.77. The number of benzene rings is 1. The molecule has 0 saturated heterocycles. The summed E-state index contributed by atoms with van der Waals surface area (Å²) in [6, 6.07) is 5.57.